The van der Waals surface area contributed by atoms with Gasteiger partial charge in [0.1, 0.15) is 0 Å². The maximum atomic E-state index is 5.84. The Bertz CT molecular complexity index is 213. The van der Waals surface area contributed by atoms with Crippen molar-refractivity contribution in [1.29, 1.82) is 0 Å². The molecule has 1 fully saturated rings. The molecule has 15 heavy (non-hydrogen) atoms. The highest BCUT2D eigenvalue weighted by atomic mass is 15.0. The molecule has 0 amide bonds. The van der Waals surface area contributed by atoms with Crippen LogP contribution in [-0.2, 0) is 0 Å². The molecule has 3 unspecified atom stereocenters. The van der Waals surface area contributed by atoms with Crippen LogP contribution >= 0.6 is 0 Å². The van der Waals surface area contributed by atoms with Crippen LogP contribution in [0.25, 0.3) is 0 Å². The predicted molar refractivity (Wildman–Crippen MR) is 64.7 cm³/mol. The molecule has 0 aromatic carbocycles. The lowest BCUT2D eigenvalue weighted by Crippen LogP contribution is -2.46. The Kier molecular flexibility index (Phi) is 4.21. The first kappa shape index (κ1) is 11.2. The van der Waals surface area contributed by atoms with Gasteiger partial charge < -0.3 is 11.1 Å². The second kappa shape index (κ2) is 5.66. The summed E-state index contributed by atoms with van der Waals surface area (Å²) in [7, 11) is 0. The van der Waals surface area contributed by atoms with Crippen LogP contribution in [0, 0.1) is 5.92 Å². The number of allylic oxidation sites excluding steroid dienone is 1. The fourth-order valence-corrected chi connectivity index (χ4v) is 2.96. The lowest BCUT2D eigenvalue weighted by molar-refractivity contribution is 0.242. The van der Waals surface area contributed by atoms with Crippen LogP contribution in [0.5, 0.6) is 0 Å². The highest BCUT2D eigenvalue weighted by Crippen LogP contribution is 2.25. The monoisotopic (exact) mass is 208 g/mol. The van der Waals surface area contributed by atoms with Crippen molar-refractivity contribution in [3.8, 4) is 0 Å². The van der Waals surface area contributed by atoms with Gasteiger partial charge in [-0.05, 0) is 44.6 Å². The van der Waals surface area contributed by atoms with Crippen molar-refractivity contribution in [3.05, 3.63) is 12.2 Å². The average molecular weight is 208 g/mol. The minimum Gasteiger partial charge on any atom is -0.330 e. The summed E-state index contributed by atoms with van der Waals surface area (Å²) < 4.78 is 0. The van der Waals surface area contributed by atoms with Crippen molar-refractivity contribution in [3.63, 3.8) is 0 Å². The molecule has 3 N–H and O–H groups in total. The zero-order valence-electron chi connectivity index (χ0n) is 9.62. The van der Waals surface area contributed by atoms with Crippen LogP contribution in [0.3, 0.4) is 0 Å². The van der Waals surface area contributed by atoms with Crippen LogP contribution < -0.4 is 11.1 Å². The quantitative estimate of drug-likeness (QED) is 0.698. The smallest absolute Gasteiger partial charge is 0.0110 e. The molecule has 0 aromatic heterocycles. The van der Waals surface area contributed by atoms with Gasteiger partial charge in [0.25, 0.3) is 0 Å². The van der Waals surface area contributed by atoms with E-state index in [1.54, 1.807) is 0 Å². The number of rotatable bonds is 3. The molecule has 86 valence electrons. The van der Waals surface area contributed by atoms with Crippen molar-refractivity contribution in [2.75, 3.05) is 6.54 Å². The molecule has 0 heterocycles. The van der Waals surface area contributed by atoms with E-state index in [1.807, 2.05) is 0 Å². The molecular formula is C13H24N2. The molecule has 0 aliphatic heterocycles. The molecule has 2 heteroatoms. The zero-order valence-corrected chi connectivity index (χ0v) is 9.62. The lowest BCUT2D eigenvalue weighted by atomic mass is 9.83. The van der Waals surface area contributed by atoms with Crippen molar-refractivity contribution in [2.24, 2.45) is 11.7 Å². The van der Waals surface area contributed by atoms with Crippen LogP contribution in [0.15, 0.2) is 12.2 Å². The Morgan fingerprint density at radius 3 is 2.73 bits per heavy atom. The largest absolute Gasteiger partial charge is 0.330 e. The maximum Gasteiger partial charge on any atom is 0.0110 e. The molecule has 0 spiro atoms. The first-order chi connectivity index (χ1) is 7.40. The van der Waals surface area contributed by atoms with Crippen molar-refractivity contribution >= 4 is 0 Å². The highest BCUT2D eigenvalue weighted by Gasteiger charge is 2.25. The maximum absolute atomic E-state index is 5.84. The van der Waals surface area contributed by atoms with Crippen LogP contribution in [-0.4, -0.2) is 18.6 Å². The minimum absolute atomic E-state index is 0.695. The summed E-state index contributed by atoms with van der Waals surface area (Å²) in [5, 5.41) is 3.83. The Hall–Kier alpha value is -0.340. The summed E-state index contributed by atoms with van der Waals surface area (Å²) in [6.07, 6.45) is 13.8. The van der Waals surface area contributed by atoms with E-state index in [0.717, 1.165) is 12.5 Å². The van der Waals surface area contributed by atoms with Crippen LogP contribution in [0.2, 0.25) is 0 Å². The van der Waals surface area contributed by atoms with Gasteiger partial charge in [-0.1, -0.05) is 25.0 Å². The van der Waals surface area contributed by atoms with E-state index in [0.29, 0.717) is 12.1 Å². The molecule has 2 nitrogen and oxygen atoms in total. The number of hydrogen-bond acceptors (Lipinski definition) is 2. The number of nitrogens with two attached hydrogens (primary N) is 1. The van der Waals surface area contributed by atoms with Gasteiger partial charge in [0.05, 0.1) is 0 Å². The van der Waals surface area contributed by atoms with E-state index < -0.39 is 0 Å². The summed E-state index contributed by atoms with van der Waals surface area (Å²) >= 11 is 0. The van der Waals surface area contributed by atoms with Gasteiger partial charge in [-0.2, -0.15) is 0 Å². The van der Waals surface area contributed by atoms with Crippen LogP contribution in [0.1, 0.15) is 44.9 Å². The second-order valence-electron chi connectivity index (χ2n) is 5.03. The zero-order chi connectivity index (χ0) is 10.5. The fourth-order valence-electron chi connectivity index (χ4n) is 2.96. The summed E-state index contributed by atoms with van der Waals surface area (Å²) in [6, 6.07) is 1.41. The third-order valence-corrected chi connectivity index (χ3v) is 3.93. The summed E-state index contributed by atoms with van der Waals surface area (Å²) in [4.78, 5) is 0. The third-order valence-electron chi connectivity index (χ3n) is 3.93. The number of nitrogens with one attached hydrogen (secondary N) is 1. The second-order valence-corrected chi connectivity index (χ2v) is 5.03. The van der Waals surface area contributed by atoms with E-state index in [1.165, 1.54) is 44.9 Å². The molecule has 1 saturated carbocycles. The predicted octanol–water partition coefficient (Wildman–Crippen LogP) is 2.20. The molecular weight excluding hydrogens is 184 g/mol. The van der Waals surface area contributed by atoms with E-state index in [4.69, 9.17) is 5.73 Å². The van der Waals surface area contributed by atoms with Gasteiger partial charge in [0, 0.05) is 12.1 Å². The Morgan fingerprint density at radius 2 is 2.00 bits per heavy atom. The topological polar surface area (TPSA) is 38.0 Å². The standard InChI is InChI=1S/C13H24N2/c14-10-11-6-4-5-9-13(11)15-12-7-2-1-3-8-12/h1-2,11-13,15H,3-10,14H2. The van der Waals surface area contributed by atoms with E-state index >= 15 is 0 Å². The van der Waals surface area contributed by atoms with Crippen molar-refractivity contribution in [1.82, 2.24) is 5.32 Å². The summed E-state index contributed by atoms with van der Waals surface area (Å²) in [5.74, 6) is 0.727. The molecule has 0 bridgehead atoms. The van der Waals surface area contributed by atoms with Gasteiger partial charge in [-0.25, -0.2) is 0 Å². The van der Waals surface area contributed by atoms with Crippen LogP contribution in [0.4, 0.5) is 0 Å². The third kappa shape index (κ3) is 3.05. The van der Waals surface area contributed by atoms with Crippen molar-refractivity contribution in [2.45, 2.75) is 57.0 Å². The lowest BCUT2D eigenvalue weighted by Gasteiger charge is -2.35. The average Bonchev–Trinajstić information content (AvgIpc) is 2.31. The summed E-state index contributed by atoms with van der Waals surface area (Å²) in [6.45, 7) is 0.861. The summed E-state index contributed by atoms with van der Waals surface area (Å²) in [5.41, 5.74) is 5.84. The Morgan fingerprint density at radius 1 is 1.13 bits per heavy atom. The molecule has 0 aromatic rings. The molecule has 0 saturated heterocycles. The molecule has 2 aliphatic carbocycles. The van der Waals surface area contributed by atoms with E-state index in [2.05, 4.69) is 17.5 Å². The Balaban J connectivity index is 1.83. The number of hydrogen-bond donors (Lipinski definition) is 2. The van der Waals surface area contributed by atoms with Crippen molar-refractivity contribution < 1.29 is 0 Å². The normalized spacial score (nSPS) is 36.7. The van der Waals surface area contributed by atoms with Gasteiger partial charge >= 0.3 is 0 Å². The minimum atomic E-state index is 0.695. The highest BCUT2D eigenvalue weighted by molar-refractivity contribution is 4.95. The fraction of sp³-hybridized carbons (Fsp3) is 0.846. The van der Waals surface area contributed by atoms with Gasteiger partial charge in [-0.3, -0.25) is 0 Å². The first-order valence-corrected chi connectivity index (χ1v) is 6.51. The first-order valence-electron chi connectivity index (χ1n) is 6.51. The van der Waals surface area contributed by atoms with E-state index in [-0.39, 0.29) is 0 Å². The van der Waals surface area contributed by atoms with Gasteiger partial charge in [0.2, 0.25) is 0 Å². The van der Waals surface area contributed by atoms with Gasteiger partial charge in [-0.15, -0.1) is 0 Å². The molecule has 2 aliphatic rings. The molecule has 3 atom stereocenters. The van der Waals surface area contributed by atoms with Gasteiger partial charge in [0.15, 0.2) is 0 Å². The molecule has 2 rings (SSSR count). The Labute approximate surface area is 93.3 Å². The molecule has 0 radical (unpaired) electrons. The SMILES string of the molecule is NCC1CCCCC1NC1CC=CCC1. The van der Waals surface area contributed by atoms with E-state index in [9.17, 15) is 0 Å².